The van der Waals surface area contributed by atoms with Crippen molar-refractivity contribution in [2.45, 2.75) is 18.9 Å². The van der Waals surface area contributed by atoms with Crippen LogP contribution in [0.3, 0.4) is 0 Å². The van der Waals surface area contributed by atoms with Crippen molar-refractivity contribution in [3.8, 4) is 11.3 Å². The molecule has 0 bridgehead atoms. The Morgan fingerprint density at radius 3 is 2.75 bits per heavy atom. The number of ether oxygens (including phenoxy) is 1. The Bertz CT molecular complexity index is 1030. The van der Waals surface area contributed by atoms with E-state index in [0.717, 1.165) is 55.1 Å². The van der Waals surface area contributed by atoms with E-state index in [1.807, 2.05) is 28.9 Å². The Balaban J connectivity index is 1.50. The van der Waals surface area contributed by atoms with E-state index in [0.29, 0.717) is 16.7 Å². The SMILES string of the molecule is N[C@@H]1COCC12CCN(c1ncc(-c3cccc(Cl)c3Cl)n3cncc13)CC2. The van der Waals surface area contributed by atoms with E-state index >= 15 is 0 Å². The van der Waals surface area contributed by atoms with Gasteiger partial charge in [-0.15, -0.1) is 0 Å². The van der Waals surface area contributed by atoms with Gasteiger partial charge in [-0.05, 0) is 18.9 Å². The number of benzene rings is 1. The lowest BCUT2D eigenvalue weighted by molar-refractivity contribution is 0.132. The average molecular weight is 418 g/mol. The molecule has 5 rings (SSSR count). The number of nitrogens with two attached hydrogens (primary N) is 1. The molecule has 146 valence electrons. The maximum Gasteiger partial charge on any atom is 0.154 e. The quantitative estimate of drug-likeness (QED) is 0.688. The van der Waals surface area contributed by atoms with Crippen LogP contribution in [0.1, 0.15) is 12.8 Å². The zero-order chi connectivity index (χ0) is 19.3. The summed E-state index contributed by atoms with van der Waals surface area (Å²) in [5, 5.41) is 1.04. The fourth-order valence-electron chi connectivity index (χ4n) is 4.40. The van der Waals surface area contributed by atoms with Gasteiger partial charge in [-0.2, -0.15) is 0 Å². The van der Waals surface area contributed by atoms with Gasteiger partial charge >= 0.3 is 0 Å². The topological polar surface area (TPSA) is 68.7 Å². The minimum atomic E-state index is 0.112. The summed E-state index contributed by atoms with van der Waals surface area (Å²) in [6.07, 6.45) is 7.50. The molecule has 2 aromatic heterocycles. The second-order valence-electron chi connectivity index (χ2n) is 7.69. The highest BCUT2D eigenvalue weighted by atomic mass is 35.5. The lowest BCUT2D eigenvalue weighted by Crippen LogP contribution is -2.49. The molecular weight excluding hydrogens is 397 g/mol. The molecule has 2 saturated heterocycles. The first-order valence-electron chi connectivity index (χ1n) is 9.43. The van der Waals surface area contributed by atoms with Crippen LogP contribution in [0.25, 0.3) is 16.8 Å². The van der Waals surface area contributed by atoms with Gasteiger partial charge in [0.25, 0.3) is 0 Å². The lowest BCUT2D eigenvalue weighted by Gasteiger charge is -2.41. The summed E-state index contributed by atoms with van der Waals surface area (Å²) in [6.45, 7) is 3.24. The molecule has 0 unspecified atom stereocenters. The van der Waals surface area contributed by atoms with Crippen LogP contribution in [-0.4, -0.2) is 46.7 Å². The summed E-state index contributed by atoms with van der Waals surface area (Å²) in [5.41, 5.74) is 9.08. The Labute approximate surface area is 173 Å². The first-order valence-corrected chi connectivity index (χ1v) is 10.2. The van der Waals surface area contributed by atoms with Gasteiger partial charge < -0.3 is 15.4 Å². The monoisotopic (exact) mass is 417 g/mol. The van der Waals surface area contributed by atoms with Gasteiger partial charge in [0.2, 0.25) is 0 Å². The molecule has 2 fully saturated rings. The minimum Gasteiger partial charge on any atom is -0.379 e. The highest BCUT2D eigenvalue weighted by molar-refractivity contribution is 6.43. The first-order chi connectivity index (χ1) is 13.6. The third-order valence-electron chi connectivity index (χ3n) is 6.20. The molecule has 1 aromatic carbocycles. The Morgan fingerprint density at radius 1 is 1.18 bits per heavy atom. The predicted molar refractivity (Wildman–Crippen MR) is 111 cm³/mol. The van der Waals surface area contributed by atoms with Crippen LogP contribution in [0.5, 0.6) is 0 Å². The van der Waals surface area contributed by atoms with Crippen molar-refractivity contribution in [3.05, 3.63) is 47.0 Å². The third-order valence-corrected chi connectivity index (χ3v) is 7.01. The number of hydrogen-bond acceptors (Lipinski definition) is 5. The average Bonchev–Trinajstić information content (AvgIpc) is 3.32. The molecule has 2 aliphatic heterocycles. The molecule has 8 heteroatoms. The number of anilines is 1. The maximum atomic E-state index is 6.44. The van der Waals surface area contributed by atoms with E-state index in [2.05, 4.69) is 9.88 Å². The summed E-state index contributed by atoms with van der Waals surface area (Å²) in [5.74, 6) is 0.932. The van der Waals surface area contributed by atoms with Crippen LogP contribution in [0.2, 0.25) is 10.0 Å². The van der Waals surface area contributed by atoms with E-state index in [1.165, 1.54) is 0 Å². The highest BCUT2D eigenvalue weighted by Crippen LogP contribution is 2.40. The van der Waals surface area contributed by atoms with Gasteiger partial charge in [-0.25, -0.2) is 9.97 Å². The van der Waals surface area contributed by atoms with Crippen LogP contribution in [0, 0.1) is 5.41 Å². The molecule has 2 N–H and O–H groups in total. The summed E-state index contributed by atoms with van der Waals surface area (Å²) in [4.78, 5) is 11.5. The molecule has 2 aliphatic rings. The molecule has 3 aromatic rings. The summed E-state index contributed by atoms with van der Waals surface area (Å²) in [6, 6.07) is 5.74. The molecule has 0 saturated carbocycles. The highest BCUT2D eigenvalue weighted by Gasteiger charge is 2.44. The number of hydrogen-bond donors (Lipinski definition) is 1. The number of piperidine rings is 1. The lowest BCUT2D eigenvalue weighted by atomic mass is 9.75. The molecule has 6 nitrogen and oxygen atoms in total. The van der Waals surface area contributed by atoms with Gasteiger partial charge in [0.1, 0.15) is 5.52 Å². The van der Waals surface area contributed by atoms with E-state index in [-0.39, 0.29) is 11.5 Å². The Hall–Kier alpha value is -1.86. The second-order valence-corrected chi connectivity index (χ2v) is 8.47. The smallest absolute Gasteiger partial charge is 0.154 e. The Morgan fingerprint density at radius 2 is 2.00 bits per heavy atom. The summed E-state index contributed by atoms with van der Waals surface area (Å²) < 4.78 is 7.66. The first kappa shape index (κ1) is 18.2. The third kappa shape index (κ3) is 2.78. The zero-order valence-electron chi connectivity index (χ0n) is 15.3. The van der Waals surface area contributed by atoms with Crippen molar-refractivity contribution in [1.82, 2.24) is 14.4 Å². The number of nitrogens with zero attached hydrogens (tertiary/aromatic N) is 4. The van der Waals surface area contributed by atoms with Crippen molar-refractivity contribution in [2.75, 3.05) is 31.2 Å². The normalized spacial score (nSPS) is 21.7. The van der Waals surface area contributed by atoms with Crippen molar-refractivity contribution >= 4 is 34.5 Å². The fraction of sp³-hybridized carbons (Fsp3) is 0.400. The van der Waals surface area contributed by atoms with Gasteiger partial charge in [0.15, 0.2) is 5.82 Å². The zero-order valence-corrected chi connectivity index (χ0v) is 16.8. The molecule has 1 spiro atoms. The van der Waals surface area contributed by atoms with Crippen molar-refractivity contribution < 1.29 is 4.74 Å². The molecule has 1 atom stereocenters. The molecular formula is C20H21Cl2N5O. The standard InChI is InChI=1S/C20H21Cl2N5O/c21-14-3-1-2-13(18(14)22)15-9-25-19(16-8-24-12-27(15)16)26-6-4-20(5-7-26)11-28-10-17(20)23/h1-3,8-9,12,17H,4-7,10-11,23H2/t17-/m1/s1. The maximum absolute atomic E-state index is 6.44. The minimum absolute atomic E-state index is 0.112. The predicted octanol–water partition coefficient (Wildman–Crippen LogP) is 3.65. The van der Waals surface area contributed by atoms with Crippen LogP contribution >= 0.6 is 23.2 Å². The van der Waals surface area contributed by atoms with E-state index < -0.39 is 0 Å². The van der Waals surface area contributed by atoms with Crippen molar-refractivity contribution in [3.63, 3.8) is 0 Å². The molecule has 4 heterocycles. The number of rotatable bonds is 2. The summed E-state index contributed by atoms with van der Waals surface area (Å²) >= 11 is 12.6. The fourth-order valence-corrected chi connectivity index (χ4v) is 4.80. The van der Waals surface area contributed by atoms with Crippen LogP contribution in [0.4, 0.5) is 5.82 Å². The number of imidazole rings is 1. The number of halogens is 2. The van der Waals surface area contributed by atoms with E-state index in [1.54, 1.807) is 12.4 Å². The van der Waals surface area contributed by atoms with Crippen LogP contribution in [-0.2, 0) is 4.74 Å². The van der Waals surface area contributed by atoms with E-state index in [4.69, 9.17) is 38.7 Å². The van der Waals surface area contributed by atoms with E-state index in [9.17, 15) is 0 Å². The van der Waals surface area contributed by atoms with Gasteiger partial charge in [0.05, 0.1) is 47.7 Å². The molecule has 0 radical (unpaired) electrons. The molecule has 0 aliphatic carbocycles. The molecule has 28 heavy (non-hydrogen) atoms. The Kier molecular flexibility index (Phi) is 4.47. The van der Waals surface area contributed by atoms with Gasteiger partial charge in [-0.1, -0.05) is 35.3 Å². The van der Waals surface area contributed by atoms with Gasteiger partial charge in [0, 0.05) is 30.1 Å². The second kappa shape index (κ2) is 6.88. The summed E-state index contributed by atoms with van der Waals surface area (Å²) in [7, 11) is 0. The number of aromatic nitrogens is 3. The van der Waals surface area contributed by atoms with Crippen molar-refractivity contribution in [1.29, 1.82) is 0 Å². The largest absolute Gasteiger partial charge is 0.379 e. The van der Waals surface area contributed by atoms with Crippen molar-refractivity contribution in [2.24, 2.45) is 11.1 Å². The van der Waals surface area contributed by atoms with Crippen LogP contribution in [0.15, 0.2) is 36.9 Å². The van der Waals surface area contributed by atoms with Crippen LogP contribution < -0.4 is 10.6 Å². The molecule has 0 amide bonds. The van der Waals surface area contributed by atoms with Gasteiger partial charge in [-0.3, -0.25) is 4.40 Å². The number of fused-ring (bicyclic) bond motifs is 1.